The van der Waals surface area contributed by atoms with Crippen molar-refractivity contribution < 1.29 is 19.1 Å². The molecule has 0 aliphatic heterocycles. The number of ketones is 1. The van der Waals surface area contributed by atoms with Crippen LogP contribution in [0.2, 0.25) is 5.02 Å². The highest BCUT2D eigenvalue weighted by Gasteiger charge is 2.22. The summed E-state index contributed by atoms with van der Waals surface area (Å²) in [5.41, 5.74) is 1.80. The summed E-state index contributed by atoms with van der Waals surface area (Å²) in [7, 11) is 0. The molecule has 1 aromatic heterocycles. The summed E-state index contributed by atoms with van der Waals surface area (Å²) in [6.45, 7) is 7.98. The Morgan fingerprint density at radius 3 is 2.36 bits per heavy atom. The van der Waals surface area contributed by atoms with Crippen molar-refractivity contribution in [1.29, 1.82) is 0 Å². The fourth-order valence-corrected chi connectivity index (χ4v) is 3.67. The van der Waals surface area contributed by atoms with E-state index < -0.39 is 5.97 Å². The number of carbonyl (C=O) groups is 3. The average molecular weight is 422 g/mol. The van der Waals surface area contributed by atoms with Gasteiger partial charge in [0.25, 0.3) is 0 Å². The van der Waals surface area contributed by atoms with Crippen LogP contribution in [-0.2, 0) is 14.3 Å². The third-order valence-corrected chi connectivity index (χ3v) is 5.48. The van der Waals surface area contributed by atoms with Crippen molar-refractivity contribution in [3.05, 3.63) is 50.9 Å². The average Bonchev–Trinajstić information content (AvgIpc) is 2.91. The Kier molecular flexibility index (Phi) is 7.78. The zero-order chi connectivity index (χ0) is 20.8. The summed E-state index contributed by atoms with van der Waals surface area (Å²) in [5, 5.41) is 3.82. The fraction of sp³-hybridized carbons (Fsp3) is 0.381. The highest BCUT2D eigenvalue weighted by molar-refractivity contribution is 7.16. The van der Waals surface area contributed by atoms with Crippen LogP contribution in [-0.4, -0.2) is 24.3 Å². The summed E-state index contributed by atoms with van der Waals surface area (Å²) in [6, 6.07) is 6.63. The molecule has 1 heterocycles. The second-order valence-electron chi connectivity index (χ2n) is 6.95. The Labute approximate surface area is 174 Å². The first-order valence-electron chi connectivity index (χ1n) is 9.04. The number of amides is 1. The van der Waals surface area contributed by atoms with Crippen molar-refractivity contribution in [2.24, 2.45) is 5.92 Å². The lowest BCUT2D eigenvalue weighted by molar-refractivity contribution is -0.145. The van der Waals surface area contributed by atoms with Crippen LogP contribution < -0.4 is 5.32 Å². The minimum atomic E-state index is -0.403. The van der Waals surface area contributed by atoms with Crippen LogP contribution in [0.15, 0.2) is 24.3 Å². The first-order chi connectivity index (χ1) is 13.2. The van der Waals surface area contributed by atoms with Gasteiger partial charge in [0.2, 0.25) is 5.91 Å². The van der Waals surface area contributed by atoms with Crippen LogP contribution >= 0.6 is 22.9 Å². The van der Waals surface area contributed by atoms with Crippen molar-refractivity contribution in [2.75, 3.05) is 11.9 Å². The fourth-order valence-electron chi connectivity index (χ4n) is 2.47. The van der Waals surface area contributed by atoms with Gasteiger partial charge in [0.1, 0.15) is 5.00 Å². The summed E-state index contributed by atoms with van der Waals surface area (Å²) in [6.07, 6.45) is 0.00383. The van der Waals surface area contributed by atoms with Crippen molar-refractivity contribution in [1.82, 2.24) is 0 Å². The molecule has 1 N–H and O–H groups in total. The largest absolute Gasteiger partial charge is 0.465 e. The first-order valence-corrected chi connectivity index (χ1v) is 10.2. The van der Waals surface area contributed by atoms with Gasteiger partial charge in [0.15, 0.2) is 5.78 Å². The van der Waals surface area contributed by atoms with Gasteiger partial charge in [-0.05, 0) is 49.6 Å². The van der Waals surface area contributed by atoms with Gasteiger partial charge in [0.05, 0.1) is 18.6 Å². The smallest absolute Gasteiger partial charge is 0.306 e. The molecule has 2 rings (SSSR count). The number of hydrogen-bond donors (Lipinski definition) is 1. The number of thiophene rings is 1. The second-order valence-corrected chi connectivity index (χ2v) is 8.61. The zero-order valence-corrected chi connectivity index (χ0v) is 18.0. The molecule has 0 aliphatic carbocycles. The number of carbonyl (C=O) groups excluding carboxylic acids is 3. The monoisotopic (exact) mass is 421 g/mol. The number of ether oxygens (including phenoxy) is 1. The van der Waals surface area contributed by atoms with E-state index >= 15 is 0 Å². The topological polar surface area (TPSA) is 72.5 Å². The van der Waals surface area contributed by atoms with Crippen LogP contribution in [0.4, 0.5) is 5.00 Å². The van der Waals surface area contributed by atoms with Crippen molar-refractivity contribution >= 4 is 45.6 Å². The van der Waals surface area contributed by atoms with Crippen LogP contribution in [0.5, 0.6) is 0 Å². The molecule has 28 heavy (non-hydrogen) atoms. The molecule has 0 fully saturated rings. The number of benzene rings is 1. The molecule has 0 atom stereocenters. The van der Waals surface area contributed by atoms with E-state index in [1.54, 1.807) is 24.3 Å². The Balaban J connectivity index is 2.09. The Hall–Kier alpha value is -2.18. The SMILES string of the molecule is Cc1sc(NC(=O)CCC(=O)OCC(C)C)c(C(=O)c2ccc(Cl)cc2)c1C. The number of anilines is 1. The Morgan fingerprint density at radius 2 is 1.75 bits per heavy atom. The lowest BCUT2D eigenvalue weighted by atomic mass is 10.0. The van der Waals surface area contributed by atoms with Crippen molar-refractivity contribution in [2.45, 2.75) is 40.5 Å². The van der Waals surface area contributed by atoms with E-state index in [1.165, 1.54) is 11.3 Å². The summed E-state index contributed by atoms with van der Waals surface area (Å²) in [4.78, 5) is 37.9. The van der Waals surface area contributed by atoms with E-state index in [2.05, 4.69) is 5.32 Å². The number of esters is 1. The van der Waals surface area contributed by atoms with Gasteiger partial charge in [-0.2, -0.15) is 0 Å². The molecule has 0 aliphatic rings. The third kappa shape index (κ3) is 5.91. The van der Waals surface area contributed by atoms with E-state index in [9.17, 15) is 14.4 Å². The standard InChI is InChI=1S/C21H24ClNO4S/c1-12(2)11-27-18(25)10-9-17(24)23-21-19(13(3)14(4)28-21)20(26)15-5-7-16(22)8-6-15/h5-8,12H,9-11H2,1-4H3,(H,23,24). The van der Waals surface area contributed by atoms with E-state index in [0.717, 1.165) is 10.4 Å². The maximum absolute atomic E-state index is 12.9. The molecular weight excluding hydrogens is 398 g/mol. The normalized spacial score (nSPS) is 10.8. The predicted octanol–water partition coefficient (Wildman–Crippen LogP) is 5.17. The summed E-state index contributed by atoms with van der Waals surface area (Å²) < 4.78 is 5.08. The van der Waals surface area contributed by atoms with Crippen LogP contribution in [0.3, 0.4) is 0 Å². The Bertz CT molecular complexity index is 871. The summed E-state index contributed by atoms with van der Waals surface area (Å²) >= 11 is 7.24. The molecule has 0 bridgehead atoms. The molecule has 2 aromatic rings. The molecule has 1 aromatic carbocycles. The van der Waals surface area contributed by atoms with E-state index in [-0.39, 0.29) is 30.4 Å². The molecular formula is C21H24ClNO4S. The quantitative estimate of drug-likeness (QED) is 0.471. The van der Waals surface area contributed by atoms with Gasteiger partial charge in [-0.15, -0.1) is 11.3 Å². The minimum Gasteiger partial charge on any atom is -0.465 e. The minimum absolute atomic E-state index is 0.00149. The van der Waals surface area contributed by atoms with Gasteiger partial charge in [-0.1, -0.05) is 25.4 Å². The second kappa shape index (κ2) is 9.85. The molecule has 5 nitrogen and oxygen atoms in total. The first kappa shape index (κ1) is 22.1. The number of hydrogen-bond acceptors (Lipinski definition) is 5. The lowest BCUT2D eigenvalue weighted by Gasteiger charge is -2.08. The summed E-state index contributed by atoms with van der Waals surface area (Å²) in [5.74, 6) is -0.658. The van der Waals surface area contributed by atoms with E-state index in [1.807, 2.05) is 27.7 Å². The third-order valence-electron chi connectivity index (χ3n) is 4.11. The molecule has 1 amide bonds. The van der Waals surface area contributed by atoms with Gasteiger partial charge in [-0.25, -0.2) is 0 Å². The van der Waals surface area contributed by atoms with E-state index in [0.29, 0.717) is 27.8 Å². The maximum atomic E-state index is 12.9. The van der Waals surface area contributed by atoms with Gasteiger partial charge < -0.3 is 10.1 Å². The molecule has 7 heteroatoms. The highest BCUT2D eigenvalue weighted by Crippen LogP contribution is 2.34. The zero-order valence-electron chi connectivity index (χ0n) is 16.4. The van der Waals surface area contributed by atoms with Crippen LogP contribution in [0.25, 0.3) is 0 Å². The van der Waals surface area contributed by atoms with Crippen molar-refractivity contribution in [3.63, 3.8) is 0 Å². The lowest BCUT2D eigenvalue weighted by Crippen LogP contribution is -2.17. The predicted molar refractivity (Wildman–Crippen MR) is 112 cm³/mol. The van der Waals surface area contributed by atoms with Crippen LogP contribution in [0, 0.1) is 19.8 Å². The van der Waals surface area contributed by atoms with Gasteiger partial charge in [0, 0.05) is 21.9 Å². The molecule has 0 unspecified atom stereocenters. The molecule has 150 valence electrons. The highest BCUT2D eigenvalue weighted by atomic mass is 35.5. The Morgan fingerprint density at radius 1 is 1.11 bits per heavy atom. The van der Waals surface area contributed by atoms with Crippen LogP contribution in [0.1, 0.15) is 53.1 Å². The van der Waals surface area contributed by atoms with Gasteiger partial charge >= 0.3 is 5.97 Å². The number of halogens is 1. The number of rotatable bonds is 8. The van der Waals surface area contributed by atoms with Gasteiger partial charge in [-0.3, -0.25) is 14.4 Å². The number of nitrogens with one attached hydrogen (secondary N) is 1. The van der Waals surface area contributed by atoms with E-state index in [4.69, 9.17) is 16.3 Å². The molecule has 0 radical (unpaired) electrons. The molecule has 0 spiro atoms. The number of aryl methyl sites for hydroxylation is 1. The van der Waals surface area contributed by atoms with Crippen molar-refractivity contribution in [3.8, 4) is 0 Å². The molecule has 0 saturated heterocycles. The molecule has 0 saturated carbocycles. The maximum Gasteiger partial charge on any atom is 0.306 e.